The van der Waals surface area contributed by atoms with E-state index in [2.05, 4.69) is 10.3 Å². The molecule has 2 aromatic heterocycles. The molecule has 4 aromatic rings. The van der Waals surface area contributed by atoms with Crippen molar-refractivity contribution in [2.75, 3.05) is 30.4 Å². The van der Waals surface area contributed by atoms with Gasteiger partial charge in [-0.25, -0.2) is 9.97 Å². The van der Waals surface area contributed by atoms with E-state index in [4.69, 9.17) is 9.72 Å². The molecule has 36 heavy (non-hydrogen) atoms. The van der Waals surface area contributed by atoms with Crippen molar-refractivity contribution in [1.82, 2.24) is 14.5 Å². The highest BCUT2D eigenvalue weighted by molar-refractivity contribution is 5.94. The van der Waals surface area contributed by atoms with Crippen LogP contribution in [0.25, 0.3) is 11.2 Å². The van der Waals surface area contributed by atoms with Crippen LogP contribution in [0.4, 0.5) is 11.5 Å². The second kappa shape index (κ2) is 10.2. The summed E-state index contributed by atoms with van der Waals surface area (Å²) < 4.78 is 7.05. The number of fused-ring (bicyclic) bond motifs is 1. The molecule has 1 atom stereocenters. The Morgan fingerprint density at radius 2 is 1.92 bits per heavy atom. The average molecular weight is 484 g/mol. The van der Waals surface area contributed by atoms with Gasteiger partial charge >= 0.3 is 0 Å². The largest absolute Gasteiger partial charge is 0.495 e. The van der Waals surface area contributed by atoms with Crippen molar-refractivity contribution >= 4 is 28.6 Å². The quantitative estimate of drug-likeness (QED) is 0.446. The van der Waals surface area contributed by atoms with Crippen LogP contribution < -0.4 is 20.5 Å². The third kappa shape index (κ3) is 4.79. The predicted molar refractivity (Wildman–Crippen MR) is 141 cm³/mol. The van der Waals surface area contributed by atoms with Crippen molar-refractivity contribution in [3.63, 3.8) is 0 Å². The zero-order valence-corrected chi connectivity index (χ0v) is 20.5. The fraction of sp³-hybridized carbons (Fsp3) is 0.286. The Morgan fingerprint density at radius 3 is 2.72 bits per heavy atom. The summed E-state index contributed by atoms with van der Waals surface area (Å²) in [5, 5.41) is 2.99. The molecule has 0 saturated carbocycles. The molecule has 1 amide bonds. The summed E-state index contributed by atoms with van der Waals surface area (Å²) in [5.74, 6) is 0.602. The van der Waals surface area contributed by atoms with Crippen molar-refractivity contribution in [2.24, 2.45) is 5.92 Å². The lowest BCUT2D eigenvalue weighted by atomic mass is 9.97. The maximum atomic E-state index is 13.7. The topological polar surface area (TPSA) is 89.3 Å². The number of carbonyl (C=O) groups excluding carboxylic acids is 1. The Hall–Kier alpha value is -4.20. The van der Waals surface area contributed by atoms with Gasteiger partial charge in [0.2, 0.25) is 5.91 Å². The number of hydrogen-bond acceptors (Lipinski definition) is 6. The van der Waals surface area contributed by atoms with Crippen molar-refractivity contribution in [2.45, 2.75) is 26.3 Å². The molecular formula is C28H29N5O3. The summed E-state index contributed by atoms with van der Waals surface area (Å²) >= 11 is 0. The van der Waals surface area contributed by atoms with Crippen molar-refractivity contribution in [3.05, 3.63) is 88.3 Å². The lowest BCUT2D eigenvalue weighted by Gasteiger charge is -2.32. The number of carbonyl (C=O) groups is 1. The Morgan fingerprint density at radius 1 is 1.11 bits per heavy atom. The van der Waals surface area contributed by atoms with Crippen LogP contribution in [0.15, 0.2) is 71.7 Å². The molecule has 0 unspecified atom stereocenters. The third-order valence-corrected chi connectivity index (χ3v) is 6.60. The van der Waals surface area contributed by atoms with Crippen molar-refractivity contribution in [1.29, 1.82) is 0 Å². The number of aryl methyl sites for hydroxylation is 1. The molecule has 1 aliphatic rings. The zero-order chi connectivity index (χ0) is 25.1. The van der Waals surface area contributed by atoms with Crippen LogP contribution in [0.1, 0.15) is 24.0 Å². The number of nitrogens with zero attached hydrogens (tertiary/aromatic N) is 4. The first-order valence-corrected chi connectivity index (χ1v) is 12.1. The summed E-state index contributed by atoms with van der Waals surface area (Å²) in [6.07, 6.45) is 3.20. The number of nitrogens with one attached hydrogen (secondary N) is 1. The SMILES string of the molecule is COc1ccccc1NC(=O)[C@H]1CCCN(c2nc3cccnc3n(Cc3ccc(C)cc3)c2=O)C1. The first-order chi connectivity index (χ1) is 17.5. The standard InChI is InChI=1S/C28H29N5O3/c1-19-11-13-20(14-12-19)17-33-25-23(9-5-15-29-25)30-26(28(33)35)32-16-6-7-21(18-32)27(34)31-22-8-3-4-10-24(22)36-2/h3-5,8-15,21H,6-7,16-18H2,1-2H3,(H,31,34)/t21-/m0/s1. The molecule has 1 saturated heterocycles. The molecule has 0 bridgehead atoms. The number of piperidine rings is 1. The van der Waals surface area contributed by atoms with E-state index in [-0.39, 0.29) is 17.4 Å². The van der Waals surface area contributed by atoms with Gasteiger partial charge in [0.1, 0.15) is 11.3 Å². The number of pyridine rings is 1. The minimum absolute atomic E-state index is 0.0911. The number of aromatic nitrogens is 3. The van der Waals surface area contributed by atoms with E-state index in [9.17, 15) is 9.59 Å². The molecule has 0 aliphatic carbocycles. The molecule has 0 spiro atoms. The zero-order valence-electron chi connectivity index (χ0n) is 20.5. The number of anilines is 2. The summed E-state index contributed by atoms with van der Waals surface area (Å²) in [5.41, 5.74) is 3.81. The van der Waals surface area contributed by atoms with E-state index < -0.39 is 0 Å². The number of para-hydroxylation sites is 2. The van der Waals surface area contributed by atoms with E-state index in [1.165, 1.54) is 0 Å². The van der Waals surface area contributed by atoms with Crippen molar-refractivity contribution in [3.8, 4) is 5.75 Å². The van der Waals surface area contributed by atoms with Gasteiger partial charge in [-0.2, -0.15) is 0 Å². The van der Waals surface area contributed by atoms with Gasteiger partial charge in [-0.05, 0) is 49.6 Å². The lowest BCUT2D eigenvalue weighted by molar-refractivity contribution is -0.120. The molecule has 184 valence electrons. The van der Waals surface area contributed by atoms with Gasteiger partial charge in [-0.15, -0.1) is 0 Å². The van der Waals surface area contributed by atoms with E-state index >= 15 is 0 Å². The van der Waals surface area contributed by atoms with E-state index in [0.717, 1.165) is 24.0 Å². The molecule has 8 nitrogen and oxygen atoms in total. The first kappa shape index (κ1) is 23.5. The fourth-order valence-electron chi connectivity index (χ4n) is 4.66. The second-order valence-electron chi connectivity index (χ2n) is 9.13. The van der Waals surface area contributed by atoms with E-state index in [0.29, 0.717) is 48.1 Å². The third-order valence-electron chi connectivity index (χ3n) is 6.60. The summed E-state index contributed by atoms with van der Waals surface area (Å²) in [4.78, 5) is 37.9. The Bertz CT molecular complexity index is 1450. The Labute approximate surface area is 209 Å². The minimum atomic E-state index is -0.278. The Kier molecular flexibility index (Phi) is 6.66. The van der Waals surface area contributed by atoms with Crippen LogP contribution in [-0.4, -0.2) is 40.6 Å². The molecule has 1 N–H and O–H groups in total. The predicted octanol–water partition coefficient (Wildman–Crippen LogP) is 4.01. The maximum absolute atomic E-state index is 13.7. The molecule has 2 aromatic carbocycles. The average Bonchev–Trinajstić information content (AvgIpc) is 2.91. The number of rotatable bonds is 6. The van der Waals surface area contributed by atoms with Gasteiger partial charge in [-0.3, -0.25) is 14.2 Å². The molecule has 1 fully saturated rings. The Balaban J connectivity index is 1.44. The molecule has 5 rings (SSSR count). The molecule has 0 radical (unpaired) electrons. The van der Waals surface area contributed by atoms with Crippen LogP contribution in [0.5, 0.6) is 5.75 Å². The summed E-state index contributed by atoms with van der Waals surface area (Å²) in [6, 6.07) is 19.2. The number of hydrogen-bond donors (Lipinski definition) is 1. The summed E-state index contributed by atoms with van der Waals surface area (Å²) in [6.45, 7) is 3.51. The van der Waals surface area contributed by atoms with Crippen molar-refractivity contribution < 1.29 is 9.53 Å². The highest BCUT2D eigenvalue weighted by Gasteiger charge is 2.29. The number of methoxy groups -OCH3 is 1. The monoisotopic (exact) mass is 483 g/mol. The normalized spacial score (nSPS) is 15.6. The van der Waals surface area contributed by atoms with Crippen LogP contribution in [0.2, 0.25) is 0 Å². The number of benzene rings is 2. The number of ether oxygens (including phenoxy) is 1. The van der Waals surface area contributed by atoms with Gasteiger partial charge in [0.25, 0.3) is 5.56 Å². The lowest BCUT2D eigenvalue weighted by Crippen LogP contribution is -2.44. The van der Waals surface area contributed by atoms with E-state index in [1.807, 2.05) is 72.5 Å². The molecule has 3 heterocycles. The van der Waals surface area contributed by atoms with Gasteiger partial charge in [0, 0.05) is 19.3 Å². The second-order valence-corrected chi connectivity index (χ2v) is 9.13. The molecule has 1 aliphatic heterocycles. The van der Waals surface area contributed by atoms with Crippen LogP contribution in [0, 0.1) is 12.8 Å². The number of amides is 1. The van der Waals surface area contributed by atoms with Gasteiger partial charge < -0.3 is 15.0 Å². The summed E-state index contributed by atoms with van der Waals surface area (Å²) in [7, 11) is 1.58. The molecule has 8 heteroatoms. The highest BCUT2D eigenvalue weighted by Crippen LogP contribution is 2.26. The van der Waals surface area contributed by atoms with Crippen LogP contribution in [0.3, 0.4) is 0 Å². The maximum Gasteiger partial charge on any atom is 0.295 e. The smallest absolute Gasteiger partial charge is 0.295 e. The van der Waals surface area contributed by atoms with Gasteiger partial charge in [0.05, 0.1) is 25.3 Å². The van der Waals surface area contributed by atoms with Gasteiger partial charge in [0.15, 0.2) is 11.5 Å². The molecular weight excluding hydrogens is 454 g/mol. The van der Waals surface area contributed by atoms with Crippen LogP contribution in [-0.2, 0) is 11.3 Å². The minimum Gasteiger partial charge on any atom is -0.495 e. The van der Waals surface area contributed by atoms with Gasteiger partial charge in [-0.1, -0.05) is 42.0 Å². The van der Waals surface area contributed by atoms with Crippen LogP contribution >= 0.6 is 0 Å². The first-order valence-electron chi connectivity index (χ1n) is 12.1. The van der Waals surface area contributed by atoms with E-state index in [1.54, 1.807) is 17.9 Å². The fourth-order valence-corrected chi connectivity index (χ4v) is 4.66. The highest BCUT2D eigenvalue weighted by atomic mass is 16.5.